The van der Waals surface area contributed by atoms with E-state index in [4.69, 9.17) is 20.8 Å². The van der Waals surface area contributed by atoms with Gasteiger partial charge in [0.05, 0.1) is 16.8 Å². The zero-order valence-electron chi connectivity index (χ0n) is 15.8. The van der Waals surface area contributed by atoms with Crippen LogP contribution < -0.4 is 0 Å². The molecule has 0 bridgehead atoms. The zero-order valence-corrected chi connectivity index (χ0v) is 17.3. The number of amides is 1. The average molecular weight is 417 g/mol. The summed E-state index contributed by atoms with van der Waals surface area (Å²) >= 11 is 7.70. The third-order valence-corrected chi connectivity index (χ3v) is 6.41. The minimum atomic E-state index is -0.0524. The summed E-state index contributed by atoms with van der Waals surface area (Å²) in [7, 11) is 1.64. The molecule has 1 aliphatic heterocycles. The number of carbonyl (C=O) groups is 1. The van der Waals surface area contributed by atoms with Gasteiger partial charge in [-0.3, -0.25) is 4.79 Å². The van der Waals surface area contributed by atoms with Gasteiger partial charge in [-0.2, -0.15) is 0 Å². The van der Waals surface area contributed by atoms with Crippen LogP contribution in [0.25, 0.3) is 10.6 Å². The van der Waals surface area contributed by atoms with E-state index in [0.717, 1.165) is 40.6 Å². The highest BCUT2D eigenvalue weighted by Crippen LogP contribution is 2.38. The summed E-state index contributed by atoms with van der Waals surface area (Å²) in [6.07, 6.45) is 1.84. The van der Waals surface area contributed by atoms with Crippen LogP contribution in [-0.4, -0.2) is 29.4 Å². The lowest BCUT2D eigenvalue weighted by Crippen LogP contribution is -2.30. The smallest absolute Gasteiger partial charge is 0.266 e. The Bertz CT molecular complexity index is 997. The van der Waals surface area contributed by atoms with E-state index in [1.165, 1.54) is 11.3 Å². The van der Waals surface area contributed by atoms with Crippen LogP contribution in [0, 0.1) is 6.92 Å². The molecule has 1 fully saturated rings. The second kappa shape index (κ2) is 8.07. The highest BCUT2D eigenvalue weighted by Gasteiger charge is 2.34. The number of nitrogens with zero attached hydrogens (tertiary/aromatic N) is 2. The Morgan fingerprint density at radius 1 is 1.36 bits per heavy atom. The van der Waals surface area contributed by atoms with Gasteiger partial charge in [0.15, 0.2) is 0 Å². The van der Waals surface area contributed by atoms with E-state index in [1.807, 2.05) is 48.2 Å². The fourth-order valence-electron chi connectivity index (χ4n) is 3.57. The van der Waals surface area contributed by atoms with Crippen molar-refractivity contribution >= 4 is 28.8 Å². The number of carbonyl (C=O) groups excluding carboxylic acids is 1. The maximum atomic E-state index is 13.3. The highest BCUT2D eigenvalue weighted by atomic mass is 35.5. The first kappa shape index (κ1) is 19.2. The molecule has 3 aromatic rings. The number of ether oxygens (including phenoxy) is 1. The number of likely N-dealkylation sites (tertiary alicyclic amines) is 1. The van der Waals surface area contributed by atoms with Gasteiger partial charge in [-0.25, -0.2) is 4.98 Å². The fourth-order valence-corrected chi connectivity index (χ4v) is 4.92. The first-order valence-corrected chi connectivity index (χ1v) is 10.4. The highest BCUT2D eigenvalue weighted by molar-refractivity contribution is 7.17. The van der Waals surface area contributed by atoms with Crippen molar-refractivity contribution in [3.05, 3.63) is 63.5 Å². The Morgan fingerprint density at radius 2 is 2.18 bits per heavy atom. The number of hydrogen-bond donors (Lipinski definition) is 0. The molecule has 2 aromatic heterocycles. The molecule has 1 amide bonds. The molecule has 1 saturated heterocycles. The monoisotopic (exact) mass is 416 g/mol. The second-order valence-electron chi connectivity index (χ2n) is 6.81. The summed E-state index contributed by atoms with van der Waals surface area (Å²) in [5.41, 5.74) is 1.58. The minimum absolute atomic E-state index is 0.000458. The second-order valence-corrected chi connectivity index (χ2v) is 8.21. The van der Waals surface area contributed by atoms with Gasteiger partial charge in [-0.1, -0.05) is 29.8 Å². The minimum Gasteiger partial charge on any atom is -0.461 e. The van der Waals surface area contributed by atoms with Crippen molar-refractivity contribution in [2.45, 2.75) is 32.4 Å². The lowest BCUT2D eigenvalue weighted by atomic mass is 10.1. The summed E-state index contributed by atoms with van der Waals surface area (Å²) in [5.74, 6) is 1.58. The quantitative estimate of drug-likeness (QED) is 0.552. The van der Waals surface area contributed by atoms with Crippen molar-refractivity contribution in [3.63, 3.8) is 0 Å². The number of aromatic nitrogens is 1. The third kappa shape index (κ3) is 3.60. The molecule has 0 N–H and O–H groups in total. The van der Waals surface area contributed by atoms with Crippen LogP contribution in [0.1, 0.15) is 45.8 Å². The van der Waals surface area contributed by atoms with Gasteiger partial charge < -0.3 is 14.1 Å². The number of furan rings is 1. The van der Waals surface area contributed by atoms with Gasteiger partial charge in [0.2, 0.25) is 0 Å². The fraction of sp³-hybridized carbons (Fsp3) is 0.333. The first-order chi connectivity index (χ1) is 13.6. The number of hydrogen-bond acceptors (Lipinski definition) is 5. The summed E-state index contributed by atoms with van der Waals surface area (Å²) < 4.78 is 11.0. The van der Waals surface area contributed by atoms with Crippen molar-refractivity contribution in [2.24, 2.45) is 0 Å². The van der Waals surface area contributed by atoms with Crippen LogP contribution in [0.2, 0.25) is 5.02 Å². The van der Waals surface area contributed by atoms with Crippen LogP contribution in [-0.2, 0) is 11.3 Å². The lowest BCUT2D eigenvalue weighted by Gasteiger charge is -2.22. The van der Waals surface area contributed by atoms with Crippen LogP contribution in [0.4, 0.5) is 0 Å². The molecule has 0 aliphatic carbocycles. The molecule has 1 aromatic carbocycles. The molecule has 0 spiro atoms. The van der Waals surface area contributed by atoms with Gasteiger partial charge in [-0.05, 0) is 38.0 Å². The molecular weight excluding hydrogens is 396 g/mol. The Kier molecular flexibility index (Phi) is 5.53. The van der Waals surface area contributed by atoms with Crippen LogP contribution >= 0.6 is 22.9 Å². The molecule has 0 saturated carbocycles. The van der Waals surface area contributed by atoms with E-state index in [0.29, 0.717) is 23.1 Å². The lowest BCUT2D eigenvalue weighted by molar-refractivity contribution is 0.0720. The van der Waals surface area contributed by atoms with Gasteiger partial charge in [0.25, 0.3) is 5.91 Å². The molecule has 1 atom stereocenters. The van der Waals surface area contributed by atoms with Gasteiger partial charge in [0, 0.05) is 19.2 Å². The summed E-state index contributed by atoms with van der Waals surface area (Å²) in [4.78, 5) is 20.5. The third-order valence-electron chi connectivity index (χ3n) is 4.91. The molecule has 4 rings (SSSR count). The molecule has 0 unspecified atom stereocenters. The Balaban J connectivity index is 1.61. The van der Waals surface area contributed by atoms with Crippen molar-refractivity contribution in [3.8, 4) is 10.6 Å². The largest absolute Gasteiger partial charge is 0.461 e. The predicted octanol–water partition coefficient (Wildman–Crippen LogP) is 5.49. The van der Waals surface area contributed by atoms with E-state index < -0.39 is 0 Å². The Morgan fingerprint density at radius 3 is 2.96 bits per heavy atom. The first-order valence-electron chi connectivity index (χ1n) is 9.19. The molecule has 1 aliphatic rings. The summed E-state index contributed by atoms with van der Waals surface area (Å²) in [6, 6.07) is 11.4. The van der Waals surface area contributed by atoms with E-state index >= 15 is 0 Å². The molecule has 28 heavy (non-hydrogen) atoms. The van der Waals surface area contributed by atoms with E-state index in [9.17, 15) is 4.79 Å². The summed E-state index contributed by atoms with van der Waals surface area (Å²) in [5, 5.41) is 1.40. The Hall–Kier alpha value is -2.15. The maximum absolute atomic E-state index is 13.3. The van der Waals surface area contributed by atoms with Crippen molar-refractivity contribution < 1.29 is 13.9 Å². The average Bonchev–Trinajstić information content (AvgIpc) is 3.41. The molecular formula is C21H21ClN2O3S. The predicted molar refractivity (Wildman–Crippen MR) is 110 cm³/mol. The van der Waals surface area contributed by atoms with Crippen LogP contribution in [0.5, 0.6) is 0 Å². The topological polar surface area (TPSA) is 55.6 Å². The van der Waals surface area contributed by atoms with E-state index in [1.54, 1.807) is 7.11 Å². The number of halogens is 1. The molecule has 5 nitrogen and oxygen atoms in total. The maximum Gasteiger partial charge on any atom is 0.266 e. The molecule has 146 valence electrons. The SMILES string of the molecule is COCc1ccc([C@H]2CCCN2C(=O)c2sc(-c3ccccc3Cl)nc2C)o1. The van der Waals surface area contributed by atoms with Crippen molar-refractivity contribution in [1.29, 1.82) is 0 Å². The van der Waals surface area contributed by atoms with E-state index in [2.05, 4.69) is 4.98 Å². The van der Waals surface area contributed by atoms with Crippen molar-refractivity contribution in [1.82, 2.24) is 9.88 Å². The van der Waals surface area contributed by atoms with E-state index in [-0.39, 0.29) is 11.9 Å². The van der Waals surface area contributed by atoms with Crippen molar-refractivity contribution in [2.75, 3.05) is 13.7 Å². The zero-order chi connectivity index (χ0) is 19.7. The number of rotatable bonds is 5. The summed E-state index contributed by atoms with van der Waals surface area (Å²) in [6.45, 7) is 3.01. The van der Waals surface area contributed by atoms with Crippen LogP contribution in [0.15, 0.2) is 40.8 Å². The normalized spacial score (nSPS) is 16.7. The molecule has 0 radical (unpaired) electrons. The van der Waals surface area contributed by atoms with Crippen LogP contribution in [0.3, 0.4) is 0 Å². The number of methoxy groups -OCH3 is 1. The molecule has 3 heterocycles. The number of aryl methyl sites for hydroxylation is 1. The van der Waals surface area contributed by atoms with Gasteiger partial charge in [0.1, 0.15) is 28.0 Å². The molecule has 7 heteroatoms. The standard InChI is InChI=1S/C21H21ClN2O3S/c1-13-19(28-20(23-13)15-6-3-4-7-16(15)22)21(25)24-11-5-8-17(24)18-10-9-14(27-18)12-26-2/h3-4,6-7,9-10,17H,5,8,11-12H2,1-2H3/t17-/m1/s1. The van der Waals surface area contributed by atoms with Gasteiger partial charge >= 0.3 is 0 Å². The van der Waals surface area contributed by atoms with Gasteiger partial charge in [-0.15, -0.1) is 11.3 Å². The number of thiazole rings is 1. The Labute approximate surface area is 172 Å². The number of benzene rings is 1.